The molecule has 4 nitrogen and oxygen atoms in total. The second kappa shape index (κ2) is 4.97. The summed E-state index contributed by atoms with van der Waals surface area (Å²) in [6, 6.07) is 0. The molecule has 0 radical (unpaired) electrons. The smallest absolute Gasteiger partial charge is 0.145 e. The molecule has 0 aromatic heterocycles. The van der Waals surface area contributed by atoms with Crippen LogP contribution in [0.2, 0.25) is 0 Å². The molecule has 2 heterocycles. The normalized spacial score (nSPS) is 34.6. The highest BCUT2D eigenvalue weighted by atomic mass is 16.7. The van der Waals surface area contributed by atoms with Gasteiger partial charge in [-0.25, -0.2) is 0 Å². The van der Waals surface area contributed by atoms with Gasteiger partial charge in [-0.15, -0.1) is 0 Å². The Kier molecular flexibility index (Phi) is 3.34. The summed E-state index contributed by atoms with van der Waals surface area (Å²) in [6.07, 6.45) is 8.91. The Morgan fingerprint density at radius 3 is 1.52 bits per heavy atom. The Bertz CT molecular complexity index is 508. The maximum atomic E-state index is 6.04. The van der Waals surface area contributed by atoms with E-state index in [-0.39, 0.29) is 16.6 Å². The summed E-state index contributed by atoms with van der Waals surface area (Å²) in [5.41, 5.74) is 2.52. The van der Waals surface area contributed by atoms with Crippen LogP contribution < -0.4 is 0 Å². The van der Waals surface area contributed by atoms with Gasteiger partial charge in [0.05, 0.1) is 16.8 Å². The average Bonchev–Trinajstić information content (AvgIpc) is 3.31. The van der Waals surface area contributed by atoms with Gasteiger partial charge in [-0.3, -0.25) is 0 Å². The van der Waals surface area contributed by atoms with Crippen LogP contribution in [0, 0.1) is 17.3 Å². The number of hydrogen-bond donors (Lipinski definition) is 0. The van der Waals surface area contributed by atoms with E-state index >= 15 is 0 Å². The third kappa shape index (κ3) is 1.68. The predicted octanol–water partition coefficient (Wildman–Crippen LogP) is 4.68. The van der Waals surface area contributed by atoms with E-state index in [0.717, 1.165) is 25.7 Å². The van der Waals surface area contributed by atoms with E-state index in [1.807, 2.05) is 0 Å². The Labute approximate surface area is 139 Å². The summed E-state index contributed by atoms with van der Waals surface area (Å²) in [6.45, 7) is 8.94. The molecule has 0 unspecified atom stereocenters. The molecule has 4 heteroatoms. The van der Waals surface area contributed by atoms with Gasteiger partial charge in [0.15, 0.2) is 0 Å². The van der Waals surface area contributed by atoms with Gasteiger partial charge in [-0.05, 0) is 51.4 Å². The molecule has 0 bridgehead atoms. The van der Waals surface area contributed by atoms with Crippen LogP contribution in [-0.2, 0) is 9.68 Å². The van der Waals surface area contributed by atoms with Crippen LogP contribution in [-0.4, -0.2) is 22.6 Å². The SMILES string of the molecule is CCC1(CC)ON=C2[C@@H]1CCC21CC[C@H]2C1=NOC2(CC)CC. The highest BCUT2D eigenvalue weighted by Crippen LogP contribution is 2.61. The van der Waals surface area contributed by atoms with Gasteiger partial charge in [0.25, 0.3) is 0 Å². The molecular formula is C19H30N2O2. The lowest BCUT2D eigenvalue weighted by Crippen LogP contribution is -2.41. The molecule has 2 aliphatic carbocycles. The van der Waals surface area contributed by atoms with Crippen molar-refractivity contribution >= 4 is 11.4 Å². The average molecular weight is 318 g/mol. The fraction of sp³-hybridized carbons (Fsp3) is 0.895. The van der Waals surface area contributed by atoms with Crippen molar-refractivity contribution in [3.63, 3.8) is 0 Å². The summed E-state index contributed by atoms with van der Waals surface area (Å²) in [7, 11) is 0. The van der Waals surface area contributed by atoms with E-state index in [1.165, 1.54) is 37.1 Å². The van der Waals surface area contributed by atoms with Gasteiger partial charge < -0.3 is 9.68 Å². The maximum absolute atomic E-state index is 6.04. The lowest BCUT2D eigenvalue weighted by atomic mass is 9.73. The van der Waals surface area contributed by atoms with Crippen molar-refractivity contribution in [3.8, 4) is 0 Å². The zero-order valence-electron chi connectivity index (χ0n) is 15.0. The summed E-state index contributed by atoms with van der Waals surface area (Å²) < 4.78 is 0. The second-order valence-corrected chi connectivity index (χ2v) is 7.94. The highest BCUT2D eigenvalue weighted by Gasteiger charge is 2.66. The van der Waals surface area contributed by atoms with Crippen LogP contribution in [0.15, 0.2) is 10.3 Å². The van der Waals surface area contributed by atoms with Crippen LogP contribution >= 0.6 is 0 Å². The molecular weight excluding hydrogens is 288 g/mol. The fourth-order valence-electron chi connectivity index (χ4n) is 5.97. The number of oxime groups is 2. The number of rotatable bonds is 4. The molecule has 23 heavy (non-hydrogen) atoms. The third-order valence-corrected chi connectivity index (χ3v) is 7.68. The fourth-order valence-corrected chi connectivity index (χ4v) is 5.97. The Balaban J connectivity index is 1.68. The molecule has 0 aromatic carbocycles. The Morgan fingerprint density at radius 2 is 1.17 bits per heavy atom. The van der Waals surface area contributed by atoms with Crippen molar-refractivity contribution in [2.24, 2.45) is 27.6 Å². The minimum Gasteiger partial charge on any atom is -0.389 e. The molecule has 2 atom stereocenters. The van der Waals surface area contributed by atoms with Crippen molar-refractivity contribution in [2.45, 2.75) is 90.3 Å². The van der Waals surface area contributed by atoms with Gasteiger partial charge in [-0.1, -0.05) is 38.0 Å². The standard InChI is InChI=1S/C19H30N2O2/c1-5-18(6-2)13-9-11-17(15(13)20-22-18)12-10-14-16(17)21-23-19(14,7-3)8-4/h13-14H,5-12H2,1-4H3/t13-,14-,17?/m0/s1. The van der Waals surface area contributed by atoms with Crippen LogP contribution in [0.3, 0.4) is 0 Å². The van der Waals surface area contributed by atoms with Crippen molar-refractivity contribution < 1.29 is 9.68 Å². The number of fused-ring (bicyclic) bond motifs is 4. The molecule has 1 spiro atoms. The minimum absolute atomic E-state index is 0.0491. The van der Waals surface area contributed by atoms with E-state index in [1.54, 1.807) is 0 Å². The summed E-state index contributed by atoms with van der Waals surface area (Å²) in [5.74, 6) is 0.967. The van der Waals surface area contributed by atoms with Crippen molar-refractivity contribution in [3.05, 3.63) is 0 Å². The van der Waals surface area contributed by atoms with Gasteiger partial charge in [-0.2, -0.15) is 0 Å². The third-order valence-electron chi connectivity index (χ3n) is 7.68. The van der Waals surface area contributed by atoms with Gasteiger partial charge in [0.1, 0.15) is 11.2 Å². The van der Waals surface area contributed by atoms with Gasteiger partial charge in [0, 0.05) is 11.8 Å². The molecule has 0 N–H and O–H groups in total. The van der Waals surface area contributed by atoms with Crippen LogP contribution in [0.5, 0.6) is 0 Å². The minimum atomic E-state index is -0.0659. The second-order valence-electron chi connectivity index (χ2n) is 7.94. The topological polar surface area (TPSA) is 43.2 Å². The van der Waals surface area contributed by atoms with Crippen molar-refractivity contribution in [1.82, 2.24) is 0 Å². The molecule has 2 saturated carbocycles. The van der Waals surface area contributed by atoms with E-state index in [0.29, 0.717) is 11.8 Å². The van der Waals surface area contributed by atoms with E-state index < -0.39 is 0 Å². The molecule has 2 fully saturated rings. The summed E-state index contributed by atoms with van der Waals surface area (Å²) >= 11 is 0. The van der Waals surface area contributed by atoms with Crippen LogP contribution in [0.1, 0.15) is 79.1 Å². The van der Waals surface area contributed by atoms with Gasteiger partial charge >= 0.3 is 0 Å². The predicted molar refractivity (Wildman–Crippen MR) is 91.5 cm³/mol. The maximum Gasteiger partial charge on any atom is 0.145 e. The molecule has 0 amide bonds. The van der Waals surface area contributed by atoms with E-state index in [2.05, 4.69) is 38.0 Å². The number of hydrogen-bond acceptors (Lipinski definition) is 4. The first kappa shape index (κ1) is 15.5. The molecule has 4 aliphatic rings. The molecule has 0 saturated heterocycles. The van der Waals surface area contributed by atoms with Crippen LogP contribution in [0.4, 0.5) is 0 Å². The first-order chi connectivity index (χ1) is 11.1. The van der Waals surface area contributed by atoms with Gasteiger partial charge in [0.2, 0.25) is 0 Å². The first-order valence-corrected chi connectivity index (χ1v) is 9.64. The van der Waals surface area contributed by atoms with Crippen molar-refractivity contribution in [1.29, 1.82) is 0 Å². The first-order valence-electron chi connectivity index (χ1n) is 9.64. The summed E-state index contributed by atoms with van der Waals surface area (Å²) in [4.78, 5) is 12.1. The molecule has 4 rings (SSSR count). The largest absolute Gasteiger partial charge is 0.389 e. The Hall–Kier alpha value is -1.06. The molecule has 2 aliphatic heterocycles. The molecule has 128 valence electrons. The summed E-state index contributed by atoms with van der Waals surface area (Å²) in [5, 5.41) is 9.34. The van der Waals surface area contributed by atoms with E-state index in [9.17, 15) is 0 Å². The monoisotopic (exact) mass is 318 g/mol. The van der Waals surface area contributed by atoms with Crippen LogP contribution in [0.25, 0.3) is 0 Å². The zero-order valence-corrected chi connectivity index (χ0v) is 15.0. The van der Waals surface area contributed by atoms with Crippen molar-refractivity contribution in [2.75, 3.05) is 0 Å². The number of nitrogens with zero attached hydrogens (tertiary/aromatic N) is 2. The van der Waals surface area contributed by atoms with E-state index in [4.69, 9.17) is 9.68 Å². The lowest BCUT2D eigenvalue weighted by molar-refractivity contribution is -0.0531. The lowest BCUT2D eigenvalue weighted by Gasteiger charge is -2.30. The zero-order chi connectivity index (χ0) is 16.3. The highest BCUT2D eigenvalue weighted by molar-refractivity contribution is 6.17. The molecule has 0 aromatic rings. The quantitative estimate of drug-likeness (QED) is 0.755. The Morgan fingerprint density at radius 1 is 0.783 bits per heavy atom.